The van der Waals surface area contributed by atoms with Crippen LogP contribution in [0.4, 0.5) is 18.9 Å². The molecule has 1 aromatic carbocycles. The van der Waals surface area contributed by atoms with Gasteiger partial charge >= 0.3 is 6.18 Å². The first-order valence-electron chi connectivity index (χ1n) is 6.83. The van der Waals surface area contributed by atoms with Crippen molar-refractivity contribution in [2.45, 2.75) is 18.6 Å². The lowest BCUT2D eigenvalue weighted by Gasteiger charge is -2.23. The lowest BCUT2D eigenvalue weighted by Crippen LogP contribution is -2.43. The van der Waals surface area contributed by atoms with Crippen molar-refractivity contribution in [3.8, 4) is 5.75 Å². The summed E-state index contributed by atoms with van der Waals surface area (Å²) in [6, 6.07) is 5.80. The molecule has 1 unspecified atom stereocenters. The van der Waals surface area contributed by atoms with E-state index in [1.807, 2.05) is 0 Å². The predicted molar refractivity (Wildman–Crippen MR) is 81.1 cm³/mol. The first kappa shape index (κ1) is 19.5. The number of halogens is 4. The lowest BCUT2D eigenvalue weighted by atomic mass is 10.2. The fourth-order valence-electron chi connectivity index (χ4n) is 2.02. The van der Waals surface area contributed by atoms with Crippen LogP contribution in [0.25, 0.3) is 0 Å². The molecule has 2 N–H and O–H groups in total. The second-order valence-corrected chi connectivity index (χ2v) is 4.91. The average molecular weight is 355 g/mol. The van der Waals surface area contributed by atoms with Crippen molar-refractivity contribution in [1.82, 2.24) is 5.32 Å². The molecule has 0 spiro atoms. The number of hydrogen-bond donors (Lipinski definition) is 2. The zero-order chi connectivity index (χ0) is 16.0. The highest BCUT2D eigenvalue weighted by atomic mass is 35.5. The molecular formula is C14H18ClF3N2O3. The molecule has 130 valence electrons. The number of anilines is 1. The van der Waals surface area contributed by atoms with E-state index in [0.717, 1.165) is 0 Å². The Kier molecular flexibility index (Phi) is 7.60. The number of hydrogen-bond acceptors (Lipinski definition) is 4. The van der Waals surface area contributed by atoms with Crippen LogP contribution in [-0.4, -0.2) is 44.5 Å². The third-order valence-electron chi connectivity index (χ3n) is 2.95. The second-order valence-electron chi connectivity index (χ2n) is 4.91. The number of carbonyl (C=O) groups is 1. The zero-order valence-corrected chi connectivity index (χ0v) is 13.0. The van der Waals surface area contributed by atoms with Crippen LogP contribution in [0.15, 0.2) is 24.3 Å². The van der Waals surface area contributed by atoms with Crippen LogP contribution >= 0.6 is 12.4 Å². The number of rotatable bonds is 5. The summed E-state index contributed by atoms with van der Waals surface area (Å²) in [5.41, 5.74) is 0.390. The summed E-state index contributed by atoms with van der Waals surface area (Å²) in [5.74, 6) is -0.190. The molecule has 1 saturated heterocycles. The molecule has 2 rings (SSSR count). The van der Waals surface area contributed by atoms with Gasteiger partial charge in [-0.1, -0.05) is 6.07 Å². The second kappa shape index (κ2) is 8.95. The van der Waals surface area contributed by atoms with Gasteiger partial charge < -0.3 is 20.1 Å². The topological polar surface area (TPSA) is 59.6 Å². The van der Waals surface area contributed by atoms with Gasteiger partial charge in [-0.05, 0) is 12.1 Å². The van der Waals surface area contributed by atoms with Gasteiger partial charge in [-0.15, -0.1) is 12.4 Å². The van der Waals surface area contributed by atoms with E-state index in [-0.39, 0.29) is 36.5 Å². The van der Waals surface area contributed by atoms with E-state index in [4.69, 9.17) is 4.74 Å². The van der Waals surface area contributed by atoms with Crippen molar-refractivity contribution < 1.29 is 27.4 Å². The molecule has 1 atom stereocenters. The van der Waals surface area contributed by atoms with Crippen molar-refractivity contribution in [2.75, 3.05) is 31.7 Å². The number of amides is 1. The van der Waals surface area contributed by atoms with E-state index in [1.165, 1.54) is 18.2 Å². The van der Waals surface area contributed by atoms with Gasteiger partial charge in [-0.25, -0.2) is 0 Å². The van der Waals surface area contributed by atoms with E-state index in [2.05, 4.69) is 15.4 Å². The van der Waals surface area contributed by atoms with Crippen molar-refractivity contribution in [2.24, 2.45) is 0 Å². The Hall–Kier alpha value is -1.51. The van der Waals surface area contributed by atoms with Gasteiger partial charge in [-0.2, -0.15) is 13.2 Å². The largest absolute Gasteiger partial charge is 0.484 e. The first-order chi connectivity index (χ1) is 10.4. The third kappa shape index (κ3) is 7.54. The fourth-order valence-corrected chi connectivity index (χ4v) is 2.02. The van der Waals surface area contributed by atoms with Crippen LogP contribution in [0.3, 0.4) is 0 Å². The molecule has 1 amide bonds. The van der Waals surface area contributed by atoms with Gasteiger partial charge in [0, 0.05) is 30.8 Å². The standard InChI is InChI=1S/C14H17F3N2O3.ClH/c15-14(16,17)9-22-12-3-1-2-10(6-12)19-13(20)7-11-8-21-5-4-18-11;/h1-3,6,11,18H,4-5,7-9H2,(H,19,20);1H. The van der Waals surface area contributed by atoms with Crippen LogP contribution in [0.2, 0.25) is 0 Å². The van der Waals surface area contributed by atoms with E-state index < -0.39 is 12.8 Å². The molecule has 1 aliphatic heterocycles. The smallest absolute Gasteiger partial charge is 0.422 e. The SMILES string of the molecule is Cl.O=C(CC1COCCN1)Nc1cccc(OCC(F)(F)F)c1. The quantitative estimate of drug-likeness (QED) is 0.852. The minimum atomic E-state index is -4.40. The van der Waals surface area contributed by atoms with Crippen molar-refractivity contribution >= 4 is 24.0 Å². The van der Waals surface area contributed by atoms with E-state index in [9.17, 15) is 18.0 Å². The van der Waals surface area contributed by atoms with Crippen LogP contribution < -0.4 is 15.4 Å². The number of morpholine rings is 1. The maximum atomic E-state index is 12.1. The highest BCUT2D eigenvalue weighted by Gasteiger charge is 2.28. The van der Waals surface area contributed by atoms with Gasteiger partial charge in [0.1, 0.15) is 5.75 Å². The summed E-state index contributed by atoms with van der Waals surface area (Å²) in [4.78, 5) is 11.9. The van der Waals surface area contributed by atoms with Crippen molar-refractivity contribution in [1.29, 1.82) is 0 Å². The summed E-state index contributed by atoms with van der Waals surface area (Å²) in [7, 11) is 0. The molecule has 1 fully saturated rings. The summed E-state index contributed by atoms with van der Waals surface area (Å²) < 4.78 is 46.2. The molecule has 0 bridgehead atoms. The Balaban J connectivity index is 0.00000264. The van der Waals surface area contributed by atoms with E-state index in [1.54, 1.807) is 6.07 Å². The Labute approximate surface area is 137 Å². The number of nitrogens with one attached hydrogen (secondary N) is 2. The van der Waals surface area contributed by atoms with Crippen LogP contribution in [-0.2, 0) is 9.53 Å². The molecule has 0 saturated carbocycles. The molecular weight excluding hydrogens is 337 g/mol. The summed E-state index contributed by atoms with van der Waals surface area (Å²) >= 11 is 0. The maximum Gasteiger partial charge on any atom is 0.422 e. The fraction of sp³-hybridized carbons (Fsp3) is 0.500. The molecule has 9 heteroatoms. The first-order valence-corrected chi connectivity index (χ1v) is 6.83. The molecule has 0 radical (unpaired) electrons. The molecule has 5 nitrogen and oxygen atoms in total. The van der Waals surface area contributed by atoms with Gasteiger partial charge in [0.25, 0.3) is 0 Å². The zero-order valence-electron chi connectivity index (χ0n) is 12.2. The van der Waals surface area contributed by atoms with Crippen LogP contribution in [0.5, 0.6) is 5.75 Å². The summed E-state index contributed by atoms with van der Waals surface area (Å²) in [6.07, 6.45) is -4.17. The third-order valence-corrected chi connectivity index (χ3v) is 2.95. The Morgan fingerprint density at radius 1 is 1.43 bits per heavy atom. The predicted octanol–water partition coefficient (Wildman–Crippen LogP) is 2.37. The van der Waals surface area contributed by atoms with Crippen LogP contribution in [0, 0.1) is 0 Å². The Bertz CT molecular complexity index is 508. The molecule has 1 aromatic rings. The molecule has 1 heterocycles. The monoisotopic (exact) mass is 354 g/mol. The summed E-state index contributed by atoms with van der Waals surface area (Å²) in [5, 5.41) is 5.78. The highest BCUT2D eigenvalue weighted by Crippen LogP contribution is 2.21. The Morgan fingerprint density at radius 3 is 2.87 bits per heavy atom. The summed E-state index contributed by atoms with van der Waals surface area (Å²) in [6.45, 7) is 0.408. The normalized spacial score (nSPS) is 18.0. The van der Waals surface area contributed by atoms with Gasteiger partial charge in [-0.3, -0.25) is 4.79 Å². The lowest BCUT2D eigenvalue weighted by molar-refractivity contribution is -0.153. The molecule has 0 aromatic heterocycles. The van der Waals surface area contributed by atoms with Crippen molar-refractivity contribution in [3.05, 3.63) is 24.3 Å². The minimum absolute atomic E-state index is 0. The number of alkyl halides is 3. The number of carbonyl (C=O) groups excluding carboxylic acids is 1. The molecule has 1 aliphatic rings. The highest BCUT2D eigenvalue weighted by molar-refractivity contribution is 5.91. The van der Waals surface area contributed by atoms with E-state index >= 15 is 0 Å². The van der Waals surface area contributed by atoms with E-state index in [0.29, 0.717) is 25.4 Å². The van der Waals surface area contributed by atoms with Crippen molar-refractivity contribution in [3.63, 3.8) is 0 Å². The van der Waals surface area contributed by atoms with Gasteiger partial charge in [0.05, 0.1) is 13.2 Å². The number of ether oxygens (including phenoxy) is 2. The Morgan fingerprint density at radius 2 is 2.22 bits per heavy atom. The average Bonchev–Trinajstić information content (AvgIpc) is 2.46. The van der Waals surface area contributed by atoms with Gasteiger partial charge in [0.2, 0.25) is 5.91 Å². The molecule has 0 aliphatic carbocycles. The molecule has 23 heavy (non-hydrogen) atoms. The maximum absolute atomic E-state index is 12.1. The van der Waals surface area contributed by atoms with Crippen LogP contribution in [0.1, 0.15) is 6.42 Å². The minimum Gasteiger partial charge on any atom is -0.484 e. The number of benzene rings is 1. The van der Waals surface area contributed by atoms with Gasteiger partial charge in [0.15, 0.2) is 6.61 Å².